The van der Waals surface area contributed by atoms with Crippen molar-refractivity contribution in [3.63, 3.8) is 0 Å². The summed E-state index contributed by atoms with van der Waals surface area (Å²) in [6.07, 6.45) is 1.08. The first kappa shape index (κ1) is 16.1. The number of furan rings is 1. The molecular formula is C18H25ClNO+. The molecule has 2 nitrogen and oxygen atoms in total. The predicted molar refractivity (Wildman–Crippen MR) is 87.6 cm³/mol. The fourth-order valence-corrected chi connectivity index (χ4v) is 2.87. The van der Waals surface area contributed by atoms with E-state index in [4.69, 9.17) is 16.0 Å². The number of aryl methyl sites for hydroxylation is 1. The van der Waals surface area contributed by atoms with E-state index >= 15 is 0 Å². The van der Waals surface area contributed by atoms with Gasteiger partial charge >= 0.3 is 0 Å². The second-order valence-corrected chi connectivity index (χ2v) is 6.98. The first-order valence-electron chi connectivity index (χ1n) is 7.51. The summed E-state index contributed by atoms with van der Waals surface area (Å²) in [5, 5.41) is 3.17. The van der Waals surface area contributed by atoms with Gasteiger partial charge in [-0.05, 0) is 38.1 Å². The number of benzene rings is 1. The first-order valence-corrected chi connectivity index (χ1v) is 7.89. The quantitative estimate of drug-likeness (QED) is 0.857. The van der Waals surface area contributed by atoms with Gasteiger partial charge in [-0.2, -0.15) is 0 Å². The Bertz CT molecular complexity index is 571. The third-order valence-corrected chi connectivity index (χ3v) is 4.16. The van der Waals surface area contributed by atoms with Gasteiger partial charge in [0.05, 0.1) is 6.04 Å². The van der Waals surface area contributed by atoms with Crippen molar-refractivity contribution in [2.75, 3.05) is 0 Å². The van der Waals surface area contributed by atoms with Gasteiger partial charge in [-0.25, -0.2) is 0 Å². The van der Waals surface area contributed by atoms with Crippen LogP contribution in [0, 0.1) is 6.92 Å². The number of hydrogen-bond acceptors (Lipinski definition) is 1. The molecule has 2 rings (SSSR count). The fourth-order valence-electron chi connectivity index (χ4n) is 2.74. The Morgan fingerprint density at radius 3 is 2.38 bits per heavy atom. The first-order chi connectivity index (χ1) is 9.87. The number of hydrogen-bond donors (Lipinski definition) is 1. The van der Waals surface area contributed by atoms with Gasteiger partial charge in [0.25, 0.3) is 0 Å². The lowest BCUT2D eigenvalue weighted by molar-refractivity contribution is -0.702. The summed E-state index contributed by atoms with van der Waals surface area (Å²) in [6, 6.07) is 12.7. The average molecular weight is 307 g/mol. The highest BCUT2D eigenvalue weighted by atomic mass is 35.5. The van der Waals surface area contributed by atoms with Crippen LogP contribution in [-0.2, 0) is 12.0 Å². The summed E-state index contributed by atoms with van der Waals surface area (Å²) >= 11 is 5.91. The second kappa shape index (κ2) is 6.67. The summed E-state index contributed by atoms with van der Waals surface area (Å²) in [6.45, 7) is 9.74. The Morgan fingerprint density at radius 2 is 1.81 bits per heavy atom. The van der Waals surface area contributed by atoms with Crippen molar-refractivity contribution in [3.8, 4) is 0 Å². The molecule has 0 aliphatic heterocycles. The van der Waals surface area contributed by atoms with Gasteiger partial charge < -0.3 is 9.73 Å². The van der Waals surface area contributed by atoms with Gasteiger partial charge in [0.1, 0.15) is 18.1 Å². The van der Waals surface area contributed by atoms with E-state index in [9.17, 15) is 0 Å². The topological polar surface area (TPSA) is 29.8 Å². The van der Waals surface area contributed by atoms with Crippen LogP contribution in [0.25, 0.3) is 0 Å². The van der Waals surface area contributed by atoms with E-state index in [2.05, 4.69) is 44.3 Å². The van der Waals surface area contributed by atoms with Crippen molar-refractivity contribution in [1.29, 1.82) is 0 Å². The van der Waals surface area contributed by atoms with E-state index < -0.39 is 0 Å². The van der Waals surface area contributed by atoms with Gasteiger partial charge in [0.15, 0.2) is 0 Å². The Kier molecular flexibility index (Phi) is 5.13. The molecule has 0 fully saturated rings. The Hall–Kier alpha value is -1.25. The molecule has 0 aliphatic rings. The van der Waals surface area contributed by atoms with Crippen molar-refractivity contribution in [2.45, 2.75) is 52.1 Å². The summed E-state index contributed by atoms with van der Waals surface area (Å²) in [5.74, 6) is 2.06. The van der Waals surface area contributed by atoms with Crippen LogP contribution < -0.4 is 5.32 Å². The van der Waals surface area contributed by atoms with E-state index in [1.807, 2.05) is 25.1 Å². The lowest BCUT2D eigenvalue weighted by Gasteiger charge is -2.25. The second-order valence-electron chi connectivity index (χ2n) is 6.54. The standard InChI is InChI=1S/C18H24ClNO/c1-13(20-12-15-6-8-16(19)9-7-15)11-18(3,4)17-10-5-14(2)21-17/h5-10,13,20H,11-12H2,1-4H3/p+1/t13-/m1/s1. The molecule has 0 spiro atoms. The zero-order valence-corrected chi connectivity index (χ0v) is 14.1. The van der Waals surface area contributed by atoms with Crippen molar-refractivity contribution < 1.29 is 9.73 Å². The highest BCUT2D eigenvalue weighted by Crippen LogP contribution is 2.29. The predicted octanol–water partition coefficient (Wildman–Crippen LogP) is 4.06. The van der Waals surface area contributed by atoms with Crippen LogP contribution in [-0.4, -0.2) is 6.04 Å². The lowest BCUT2D eigenvalue weighted by atomic mass is 9.83. The minimum Gasteiger partial charge on any atom is -0.466 e. The van der Waals surface area contributed by atoms with E-state index in [1.165, 1.54) is 5.56 Å². The monoisotopic (exact) mass is 306 g/mol. The van der Waals surface area contributed by atoms with Gasteiger partial charge in [0, 0.05) is 22.4 Å². The van der Waals surface area contributed by atoms with E-state index in [0.717, 1.165) is 29.5 Å². The average Bonchev–Trinajstić information content (AvgIpc) is 2.85. The van der Waals surface area contributed by atoms with Gasteiger partial charge in [-0.1, -0.05) is 37.6 Å². The van der Waals surface area contributed by atoms with Crippen LogP contribution in [0.2, 0.25) is 5.02 Å². The Balaban J connectivity index is 1.89. The van der Waals surface area contributed by atoms with Gasteiger partial charge in [-0.15, -0.1) is 0 Å². The van der Waals surface area contributed by atoms with Crippen LogP contribution in [0.5, 0.6) is 0 Å². The van der Waals surface area contributed by atoms with E-state index in [1.54, 1.807) is 0 Å². The summed E-state index contributed by atoms with van der Waals surface area (Å²) in [5.41, 5.74) is 1.36. The molecule has 0 saturated carbocycles. The molecule has 0 amide bonds. The summed E-state index contributed by atoms with van der Waals surface area (Å²) < 4.78 is 5.80. The van der Waals surface area contributed by atoms with Crippen molar-refractivity contribution in [3.05, 3.63) is 58.5 Å². The normalized spacial score (nSPS) is 13.4. The molecule has 21 heavy (non-hydrogen) atoms. The molecule has 0 radical (unpaired) electrons. The van der Waals surface area contributed by atoms with Crippen LogP contribution in [0.4, 0.5) is 0 Å². The van der Waals surface area contributed by atoms with Crippen LogP contribution >= 0.6 is 11.6 Å². The molecule has 1 heterocycles. The maximum absolute atomic E-state index is 5.91. The Labute approximate surface area is 132 Å². The smallest absolute Gasteiger partial charge is 0.109 e. The molecule has 1 aromatic heterocycles. The summed E-state index contributed by atoms with van der Waals surface area (Å²) in [7, 11) is 0. The molecule has 0 saturated heterocycles. The molecule has 1 aromatic carbocycles. The fraction of sp³-hybridized carbons (Fsp3) is 0.444. The number of nitrogens with two attached hydrogens (primary N) is 1. The number of quaternary nitrogens is 1. The lowest BCUT2D eigenvalue weighted by Crippen LogP contribution is -2.88. The van der Waals surface area contributed by atoms with Crippen LogP contribution in [0.1, 0.15) is 44.3 Å². The van der Waals surface area contributed by atoms with Gasteiger partial charge in [0.2, 0.25) is 0 Å². The van der Waals surface area contributed by atoms with E-state index in [-0.39, 0.29) is 5.41 Å². The third kappa shape index (κ3) is 4.62. The van der Waals surface area contributed by atoms with Gasteiger partial charge in [-0.3, -0.25) is 0 Å². The van der Waals surface area contributed by atoms with E-state index in [0.29, 0.717) is 6.04 Å². The minimum atomic E-state index is 0.0597. The molecule has 114 valence electrons. The SMILES string of the molecule is Cc1ccc(C(C)(C)C[C@@H](C)[NH2+]Cc2ccc(Cl)cc2)o1. The zero-order valence-electron chi connectivity index (χ0n) is 13.3. The third-order valence-electron chi connectivity index (χ3n) is 3.91. The largest absolute Gasteiger partial charge is 0.466 e. The molecule has 0 aliphatic carbocycles. The van der Waals surface area contributed by atoms with Crippen molar-refractivity contribution in [1.82, 2.24) is 0 Å². The number of halogens is 1. The molecule has 3 heteroatoms. The molecule has 1 atom stereocenters. The maximum Gasteiger partial charge on any atom is 0.109 e. The molecule has 2 aromatic rings. The molecule has 2 N–H and O–H groups in total. The maximum atomic E-state index is 5.91. The van der Waals surface area contributed by atoms with Crippen LogP contribution in [0.3, 0.4) is 0 Å². The molecular weight excluding hydrogens is 282 g/mol. The Morgan fingerprint density at radius 1 is 1.14 bits per heavy atom. The zero-order chi connectivity index (χ0) is 15.5. The highest BCUT2D eigenvalue weighted by Gasteiger charge is 2.27. The van der Waals surface area contributed by atoms with Crippen LogP contribution in [0.15, 0.2) is 40.8 Å². The number of rotatable bonds is 6. The minimum absolute atomic E-state index is 0.0597. The van der Waals surface area contributed by atoms with Crippen molar-refractivity contribution >= 4 is 11.6 Å². The summed E-state index contributed by atoms with van der Waals surface area (Å²) in [4.78, 5) is 0. The molecule has 0 unspecified atom stereocenters. The molecule has 0 bridgehead atoms. The highest BCUT2D eigenvalue weighted by molar-refractivity contribution is 6.30. The van der Waals surface area contributed by atoms with Crippen molar-refractivity contribution in [2.24, 2.45) is 0 Å².